The fraction of sp³-hybridized carbons (Fsp3) is 0.429. The lowest BCUT2D eigenvalue weighted by atomic mass is 10.0. The predicted octanol–water partition coefficient (Wildman–Crippen LogP) is 4.19. The molecule has 2 aromatic rings. The van der Waals surface area contributed by atoms with E-state index in [-0.39, 0.29) is 12.6 Å². The van der Waals surface area contributed by atoms with Gasteiger partial charge in [0.1, 0.15) is 5.82 Å². The van der Waals surface area contributed by atoms with Crippen LogP contribution in [0.15, 0.2) is 36.5 Å². The second-order valence-electron chi connectivity index (χ2n) is 7.42. The van der Waals surface area contributed by atoms with Gasteiger partial charge in [0, 0.05) is 44.5 Å². The van der Waals surface area contributed by atoms with Crippen LogP contribution in [0.4, 0.5) is 32.2 Å². The quantitative estimate of drug-likeness (QED) is 0.680. The maximum absolute atomic E-state index is 13.0. The first-order valence-corrected chi connectivity index (χ1v) is 9.97. The number of pyridine rings is 1. The van der Waals surface area contributed by atoms with E-state index in [0.717, 1.165) is 32.7 Å². The third kappa shape index (κ3) is 5.90. The van der Waals surface area contributed by atoms with Crippen molar-refractivity contribution in [3.05, 3.63) is 58.8 Å². The minimum atomic E-state index is -5.02. The molecule has 0 radical (unpaired) electrons. The molecule has 3 rings (SSSR count). The third-order valence-corrected chi connectivity index (χ3v) is 5.26. The van der Waals surface area contributed by atoms with Gasteiger partial charge in [0.15, 0.2) is 0 Å². The SMILES string of the molecule is CCN1CCN(c2cc(CNC(=O)c3cc(C(F)(F)F)cc(C(F)(F)F)c3)ccn2)CC1. The zero-order chi connectivity index (χ0) is 23.5. The summed E-state index contributed by atoms with van der Waals surface area (Å²) in [5.74, 6) is -0.331. The summed E-state index contributed by atoms with van der Waals surface area (Å²) in [6, 6.07) is 4.18. The molecule has 0 bridgehead atoms. The van der Waals surface area contributed by atoms with E-state index >= 15 is 0 Å². The number of piperazine rings is 1. The molecule has 0 aliphatic carbocycles. The average molecular weight is 460 g/mol. The topological polar surface area (TPSA) is 48.5 Å². The Morgan fingerprint density at radius 1 is 0.969 bits per heavy atom. The van der Waals surface area contributed by atoms with Gasteiger partial charge in [-0.1, -0.05) is 6.92 Å². The zero-order valence-corrected chi connectivity index (χ0v) is 17.2. The van der Waals surface area contributed by atoms with Crippen molar-refractivity contribution in [1.29, 1.82) is 0 Å². The Bertz CT molecular complexity index is 920. The zero-order valence-electron chi connectivity index (χ0n) is 17.2. The lowest BCUT2D eigenvalue weighted by Crippen LogP contribution is -2.46. The van der Waals surface area contributed by atoms with Gasteiger partial charge in [-0.3, -0.25) is 4.79 Å². The van der Waals surface area contributed by atoms with E-state index in [1.807, 2.05) is 0 Å². The molecule has 1 aromatic carbocycles. The van der Waals surface area contributed by atoms with Crippen molar-refractivity contribution in [1.82, 2.24) is 15.2 Å². The molecule has 2 heterocycles. The second-order valence-corrected chi connectivity index (χ2v) is 7.42. The van der Waals surface area contributed by atoms with Gasteiger partial charge in [-0.15, -0.1) is 0 Å². The smallest absolute Gasteiger partial charge is 0.354 e. The summed E-state index contributed by atoms with van der Waals surface area (Å²) in [7, 11) is 0. The Hall–Kier alpha value is -2.82. The number of hydrogen-bond acceptors (Lipinski definition) is 4. The summed E-state index contributed by atoms with van der Waals surface area (Å²) in [6.07, 6.45) is -8.48. The first kappa shape index (κ1) is 23.8. The van der Waals surface area contributed by atoms with Crippen LogP contribution >= 0.6 is 0 Å². The van der Waals surface area contributed by atoms with E-state index in [1.54, 1.807) is 18.3 Å². The summed E-state index contributed by atoms with van der Waals surface area (Å²) in [5.41, 5.74) is -3.15. The number of amides is 1. The lowest BCUT2D eigenvalue weighted by Gasteiger charge is -2.34. The van der Waals surface area contributed by atoms with E-state index in [4.69, 9.17) is 0 Å². The standard InChI is InChI=1S/C21H22F6N4O/c1-2-30-5-7-31(8-6-30)18-9-14(3-4-28-18)13-29-19(32)15-10-16(20(22,23)24)12-17(11-15)21(25,26)27/h3-4,9-12H,2,5-8,13H2,1H3,(H,29,32). The Balaban J connectivity index is 1.72. The molecule has 1 fully saturated rings. The first-order valence-electron chi connectivity index (χ1n) is 9.97. The van der Waals surface area contributed by atoms with Crippen LogP contribution < -0.4 is 10.2 Å². The Morgan fingerprint density at radius 3 is 2.09 bits per heavy atom. The Kier molecular flexibility index (Phi) is 6.97. The molecule has 0 spiro atoms. The summed E-state index contributed by atoms with van der Waals surface area (Å²) in [6.45, 7) is 6.30. The summed E-state index contributed by atoms with van der Waals surface area (Å²) in [5, 5.41) is 2.39. The normalized spacial score (nSPS) is 15.7. The molecule has 1 aromatic heterocycles. The van der Waals surface area contributed by atoms with E-state index in [2.05, 4.69) is 27.0 Å². The molecule has 1 N–H and O–H groups in total. The number of aromatic nitrogens is 1. The van der Waals surface area contributed by atoms with Crippen molar-refractivity contribution in [2.75, 3.05) is 37.6 Å². The fourth-order valence-electron chi connectivity index (χ4n) is 3.41. The minimum absolute atomic E-state index is 0.00971. The maximum atomic E-state index is 13.0. The third-order valence-electron chi connectivity index (χ3n) is 5.26. The van der Waals surface area contributed by atoms with E-state index in [1.165, 1.54) is 0 Å². The molecule has 0 unspecified atom stereocenters. The molecule has 0 atom stereocenters. The van der Waals surface area contributed by atoms with Crippen molar-refractivity contribution in [2.45, 2.75) is 25.8 Å². The van der Waals surface area contributed by atoms with Crippen LogP contribution in [0.1, 0.15) is 34.0 Å². The molecule has 1 amide bonds. The van der Waals surface area contributed by atoms with Gasteiger partial charge in [0.2, 0.25) is 0 Å². The van der Waals surface area contributed by atoms with E-state index < -0.39 is 35.0 Å². The highest BCUT2D eigenvalue weighted by Gasteiger charge is 2.37. The average Bonchev–Trinajstić information content (AvgIpc) is 2.76. The number of halogens is 6. The summed E-state index contributed by atoms with van der Waals surface area (Å²) >= 11 is 0. The highest BCUT2D eigenvalue weighted by Crippen LogP contribution is 2.36. The van der Waals surface area contributed by atoms with Crippen LogP contribution in [0.3, 0.4) is 0 Å². The largest absolute Gasteiger partial charge is 0.416 e. The predicted molar refractivity (Wildman–Crippen MR) is 106 cm³/mol. The minimum Gasteiger partial charge on any atom is -0.354 e. The van der Waals surface area contributed by atoms with Gasteiger partial charge in [-0.2, -0.15) is 26.3 Å². The number of likely N-dealkylation sites (N-methyl/N-ethyl adjacent to an activating group) is 1. The number of nitrogens with zero attached hydrogens (tertiary/aromatic N) is 3. The lowest BCUT2D eigenvalue weighted by molar-refractivity contribution is -0.143. The van der Waals surface area contributed by atoms with Gasteiger partial charge in [0.05, 0.1) is 11.1 Å². The number of nitrogens with one attached hydrogen (secondary N) is 1. The Labute approximate surface area is 181 Å². The number of rotatable bonds is 5. The number of alkyl halides is 6. The number of benzene rings is 1. The Morgan fingerprint density at radius 2 is 1.56 bits per heavy atom. The van der Waals surface area contributed by atoms with E-state index in [0.29, 0.717) is 23.5 Å². The first-order chi connectivity index (χ1) is 15.0. The van der Waals surface area contributed by atoms with Crippen molar-refractivity contribution in [3.63, 3.8) is 0 Å². The van der Waals surface area contributed by atoms with E-state index in [9.17, 15) is 31.1 Å². The van der Waals surface area contributed by atoms with Gasteiger partial charge in [-0.25, -0.2) is 4.98 Å². The molecule has 1 saturated heterocycles. The van der Waals surface area contributed by atoms with Crippen LogP contribution in [-0.2, 0) is 18.9 Å². The number of carbonyl (C=O) groups is 1. The van der Waals surface area contributed by atoms with Crippen LogP contribution in [0.25, 0.3) is 0 Å². The molecule has 1 aliphatic rings. The monoisotopic (exact) mass is 460 g/mol. The molecule has 1 aliphatic heterocycles. The molecule has 174 valence electrons. The fourth-order valence-corrected chi connectivity index (χ4v) is 3.41. The molecule has 32 heavy (non-hydrogen) atoms. The molecular formula is C21H22F6N4O. The molecule has 11 heteroatoms. The van der Waals surface area contributed by atoms with Crippen molar-refractivity contribution >= 4 is 11.7 Å². The number of carbonyl (C=O) groups excluding carboxylic acids is 1. The maximum Gasteiger partial charge on any atom is 0.416 e. The highest BCUT2D eigenvalue weighted by molar-refractivity contribution is 5.94. The van der Waals surface area contributed by atoms with Crippen LogP contribution in [0.5, 0.6) is 0 Å². The van der Waals surface area contributed by atoms with Crippen LogP contribution in [0, 0.1) is 0 Å². The van der Waals surface area contributed by atoms with Crippen molar-refractivity contribution < 1.29 is 31.1 Å². The molecular weight excluding hydrogens is 438 g/mol. The highest BCUT2D eigenvalue weighted by atomic mass is 19.4. The van der Waals surface area contributed by atoms with Gasteiger partial charge in [-0.05, 0) is 42.4 Å². The van der Waals surface area contributed by atoms with Crippen molar-refractivity contribution in [2.24, 2.45) is 0 Å². The second kappa shape index (κ2) is 9.35. The summed E-state index contributed by atoms with van der Waals surface area (Å²) < 4.78 is 78.0. The number of anilines is 1. The number of hydrogen-bond donors (Lipinski definition) is 1. The van der Waals surface area contributed by atoms with Gasteiger partial charge in [0.25, 0.3) is 5.91 Å². The van der Waals surface area contributed by atoms with Gasteiger partial charge >= 0.3 is 12.4 Å². The summed E-state index contributed by atoms with van der Waals surface area (Å²) in [4.78, 5) is 21.1. The van der Waals surface area contributed by atoms with Crippen molar-refractivity contribution in [3.8, 4) is 0 Å². The van der Waals surface area contributed by atoms with Gasteiger partial charge < -0.3 is 15.1 Å². The van der Waals surface area contributed by atoms with Crippen LogP contribution in [-0.4, -0.2) is 48.5 Å². The van der Waals surface area contributed by atoms with Crippen LogP contribution in [0.2, 0.25) is 0 Å². The molecule has 5 nitrogen and oxygen atoms in total. The molecule has 0 saturated carbocycles.